The maximum absolute atomic E-state index is 13.0. The number of amides is 3. The molecule has 1 aliphatic rings. The summed E-state index contributed by atoms with van der Waals surface area (Å²) in [6, 6.07) is 9.17. The van der Waals surface area contributed by atoms with E-state index in [1.807, 2.05) is 24.3 Å². The standard InChI is InChI=1S/C22H23N7O3/c23-20(30)17-9-18(11-24-10-17)27-21(31)22(32)29-8-2-1-3-19(29)16-6-4-15(5-7-16)12-28-14-25-13-26-28/h4-7,9-11,13-14,19H,1-3,8,12H2,(H2,23,30)(H,27,31)/t19-/m0/s1. The van der Waals surface area contributed by atoms with Gasteiger partial charge in [0.05, 0.1) is 30.0 Å². The third kappa shape index (κ3) is 4.80. The van der Waals surface area contributed by atoms with E-state index in [2.05, 4.69) is 20.4 Å². The van der Waals surface area contributed by atoms with Crippen LogP contribution in [0.5, 0.6) is 0 Å². The number of likely N-dealkylation sites (tertiary alicyclic amines) is 1. The number of hydrogen-bond donors (Lipinski definition) is 2. The first kappa shape index (κ1) is 21.2. The quantitative estimate of drug-likeness (QED) is 0.586. The lowest BCUT2D eigenvalue weighted by Gasteiger charge is -2.35. The number of nitrogens with zero attached hydrogens (tertiary/aromatic N) is 5. The summed E-state index contributed by atoms with van der Waals surface area (Å²) >= 11 is 0. The van der Waals surface area contributed by atoms with Gasteiger partial charge in [-0.15, -0.1) is 0 Å². The van der Waals surface area contributed by atoms with Crippen LogP contribution in [0.25, 0.3) is 0 Å². The summed E-state index contributed by atoms with van der Waals surface area (Å²) in [6.07, 6.45) is 8.39. The second kappa shape index (κ2) is 9.38. The zero-order valence-electron chi connectivity index (χ0n) is 17.3. The molecule has 3 aromatic rings. The van der Waals surface area contributed by atoms with Crippen molar-refractivity contribution in [1.82, 2.24) is 24.6 Å². The summed E-state index contributed by atoms with van der Waals surface area (Å²) in [5.74, 6) is -2.06. The van der Waals surface area contributed by atoms with Gasteiger partial charge < -0.3 is 16.0 Å². The molecule has 4 rings (SSSR count). The highest BCUT2D eigenvalue weighted by Gasteiger charge is 2.31. The predicted octanol–water partition coefficient (Wildman–Crippen LogP) is 1.51. The Balaban J connectivity index is 1.46. The minimum Gasteiger partial charge on any atom is -0.366 e. The highest BCUT2D eigenvalue weighted by Crippen LogP contribution is 2.31. The fourth-order valence-corrected chi connectivity index (χ4v) is 3.83. The van der Waals surface area contributed by atoms with Gasteiger partial charge in [0.15, 0.2) is 0 Å². The summed E-state index contributed by atoms with van der Waals surface area (Å²) < 4.78 is 1.73. The van der Waals surface area contributed by atoms with Gasteiger partial charge >= 0.3 is 11.8 Å². The van der Waals surface area contributed by atoms with E-state index in [0.717, 1.165) is 30.4 Å². The van der Waals surface area contributed by atoms with Crippen molar-refractivity contribution < 1.29 is 14.4 Å². The van der Waals surface area contributed by atoms with Gasteiger partial charge in [-0.3, -0.25) is 19.4 Å². The molecule has 3 amide bonds. The number of carbonyl (C=O) groups excluding carboxylic acids is 3. The van der Waals surface area contributed by atoms with Crippen molar-refractivity contribution in [2.75, 3.05) is 11.9 Å². The Hall–Kier alpha value is -4.08. The summed E-state index contributed by atoms with van der Waals surface area (Å²) in [6.45, 7) is 1.10. The normalized spacial score (nSPS) is 15.9. The molecule has 0 saturated carbocycles. The van der Waals surface area contributed by atoms with Crippen LogP contribution in [0.2, 0.25) is 0 Å². The minimum absolute atomic E-state index is 0.150. The van der Waals surface area contributed by atoms with Crippen molar-refractivity contribution in [2.24, 2.45) is 5.73 Å². The molecule has 0 radical (unpaired) electrons. The molecular formula is C22H23N7O3. The van der Waals surface area contributed by atoms with E-state index in [4.69, 9.17) is 5.73 Å². The Kier molecular flexibility index (Phi) is 6.20. The number of nitrogens with one attached hydrogen (secondary N) is 1. The van der Waals surface area contributed by atoms with Gasteiger partial charge in [-0.1, -0.05) is 24.3 Å². The van der Waals surface area contributed by atoms with Crippen LogP contribution >= 0.6 is 0 Å². The van der Waals surface area contributed by atoms with Crippen LogP contribution in [-0.4, -0.2) is 48.9 Å². The highest BCUT2D eigenvalue weighted by atomic mass is 16.2. The molecule has 1 atom stereocenters. The van der Waals surface area contributed by atoms with E-state index in [-0.39, 0.29) is 17.3 Å². The monoisotopic (exact) mass is 433 g/mol. The topological polar surface area (TPSA) is 136 Å². The van der Waals surface area contributed by atoms with E-state index >= 15 is 0 Å². The number of anilines is 1. The van der Waals surface area contributed by atoms with Gasteiger partial charge in [0.1, 0.15) is 12.7 Å². The van der Waals surface area contributed by atoms with E-state index in [1.165, 1.54) is 24.8 Å². The molecule has 3 N–H and O–H groups in total. The molecule has 0 bridgehead atoms. The molecule has 164 valence electrons. The Bertz CT molecular complexity index is 1110. The van der Waals surface area contributed by atoms with E-state index in [9.17, 15) is 14.4 Å². The number of nitrogens with two attached hydrogens (primary N) is 1. The van der Waals surface area contributed by atoms with E-state index < -0.39 is 17.7 Å². The summed E-state index contributed by atoms with van der Waals surface area (Å²) in [5, 5.41) is 6.63. The van der Waals surface area contributed by atoms with Crippen molar-refractivity contribution in [2.45, 2.75) is 31.8 Å². The van der Waals surface area contributed by atoms with Crippen molar-refractivity contribution in [3.63, 3.8) is 0 Å². The molecule has 10 heteroatoms. The van der Waals surface area contributed by atoms with Crippen molar-refractivity contribution in [3.8, 4) is 0 Å². The molecule has 0 aliphatic carbocycles. The molecular weight excluding hydrogens is 410 g/mol. The molecule has 32 heavy (non-hydrogen) atoms. The second-order valence-corrected chi connectivity index (χ2v) is 7.63. The SMILES string of the molecule is NC(=O)c1cncc(NC(=O)C(=O)N2CCCC[C@H]2c2ccc(Cn3cncn3)cc2)c1. The molecule has 1 aliphatic heterocycles. The van der Waals surface area contributed by atoms with Crippen molar-refractivity contribution in [3.05, 3.63) is 72.1 Å². The molecule has 0 spiro atoms. The van der Waals surface area contributed by atoms with Crippen LogP contribution in [0.4, 0.5) is 5.69 Å². The Labute approximate surface area is 184 Å². The first-order chi connectivity index (χ1) is 15.5. The molecule has 1 aromatic carbocycles. The highest BCUT2D eigenvalue weighted by molar-refractivity contribution is 6.39. The maximum Gasteiger partial charge on any atom is 0.313 e. The average molecular weight is 433 g/mol. The number of benzene rings is 1. The lowest BCUT2D eigenvalue weighted by Crippen LogP contribution is -2.44. The van der Waals surface area contributed by atoms with Crippen molar-refractivity contribution in [1.29, 1.82) is 0 Å². The van der Waals surface area contributed by atoms with Crippen LogP contribution in [0.15, 0.2) is 55.4 Å². The minimum atomic E-state index is -0.775. The van der Waals surface area contributed by atoms with Crippen LogP contribution in [0.1, 0.15) is 46.8 Å². The summed E-state index contributed by atoms with van der Waals surface area (Å²) in [5.41, 5.74) is 7.68. The number of aromatic nitrogens is 4. The number of rotatable bonds is 5. The summed E-state index contributed by atoms with van der Waals surface area (Å²) in [4.78, 5) is 46.4. The van der Waals surface area contributed by atoms with E-state index in [1.54, 1.807) is 15.9 Å². The lowest BCUT2D eigenvalue weighted by atomic mass is 9.94. The van der Waals surface area contributed by atoms with Crippen LogP contribution in [0.3, 0.4) is 0 Å². The van der Waals surface area contributed by atoms with Gasteiger partial charge in [-0.25, -0.2) is 9.67 Å². The third-order valence-electron chi connectivity index (χ3n) is 5.41. The number of hydrogen-bond acceptors (Lipinski definition) is 6. The van der Waals surface area contributed by atoms with Gasteiger partial charge in [0.25, 0.3) is 0 Å². The van der Waals surface area contributed by atoms with Crippen LogP contribution in [0, 0.1) is 0 Å². The fourth-order valence-electron chi connectivity index (χ4n) is 3.83. The molecule has 10 nitrogen and oxygen atoms in total. The Morgan fingerprint density at radius 1 is 1.09 bits per heavy atom. The number of primary amides is 1. The van der Waals surface area contributed by atoms with Gasteiger partial charge in [-0.2, -0.15) is 5.10 Å². The zero-order chi connectivity index (χ0) is 22.5. The van der Waals surface area contributed by atoms with E-state index in [0.29, 0.717) is 13.1 Å². The first-order valence-electron chi connectivity index (χ1n) is 10.3. The number of pyridine rings is 1. The zero-order valence-corrected chi connectivity index (χ0v) is 17.3. The van der Waals surface area contributed by atoms with Crippen LogP contribution in [-0.2, 0) is 16.1 Å². The first-order valence-corrected chi connectivity index (χ1v) is 10.3. The predicted molar refractivity (Wildman–Crippen MR) is 115 cm³/mol. The fraction of sp³-hybridized carbons (Fsp3) is 0.273. The molecule has 1 saturated heterocycles. The van der Waals surface area contributed by atoms with Gasteiger partial charge in [-0.05, 0) is 36.5 Å². The van der Waals surface area contributed by atoms with Gasteiger partial charge in [0, 0.05) is 12.7 Å². The Morgan fingerprint density at radius 3 is 2.62 bits per heavy atom. The molecule has 3 heterocycles. The molecule has 2 aromatic heterocycles. The van der Waals surface area contributed by atoms with Crippen LogP contribution < -0.4 is 11.1 Å². The Morgan fingerprint density at radius 2 is 1.91 bits per heavy atom. The number of piperidine rings is 1. The molecule has 0 unspecified atom stereocenters. The molecule has 1 fully saturated rings. The summed E-state index contributed by atoms with van der Waals surface area (Å²) in [7, 11) is 0. The maximum atomic E-state index is 13.0. The lowest BCUT2D eigenvalue weighted by molar-refractivity contribution is -0.145. The third-order valence-corrected chi connectivity index (χ3v) is 5.41. The number of carbonyl (C=O) groups is 3. The second-order valence-electron chi connectivity index (χ2n) is 7.63. The smallest absolute Gasteiger partial charge is 0.313 e. The average Bonchev–Trinajstić information content (AvgIpc) is 3.32. The van der Waals surface area contributed by atoms with Crippen molar-refractivity contribution >= 4 is 23.4 Å². The largest absolute Gasteiger partial charge is 0.366 e. The van der Waals surface area contributed by atoms with Gasteiger partial charge in [0.2, 0.25) is 5.91 Å².